The van der Waals surface area contributed by atoms with Gasteiger partial charge < -0.3 is 14.6 Å². The van der Waals surface area contributed by atoms with Gasteiger partial charge >= 0.3 is 5.97 Å². The number of nitrogens with one attached hydrogen (secondary N) is 1. The molecule has 2 aromatic rings. The van der Waals surface area contributed by atoms with E-state index in [1.807, 2.05) is 39.0 Å². The second-order valence-corrected chi connectivity index (χ2v) is 7.99. The van der Waals surface area contributed by atoms with Crippen LogP contribution >= 0.6 is 0 Å². The van der Waals surface area contributed by atoms with Gasteiger partial charge in [-0.1, -0.05) is 18.2 Å². The second kappa shape index (κ2) is 7.93. The molecule has 2 rings (SSSR count). The van der Waals surface area contributed by atoms with Gasteiger partial charge in [0.05, 0.1) is 6.04 Å². The summed E-state index contributed by atoms with van der Waals surface area (Å²) in [5.41, 5.74) is 3.20. The lowest BCUT2D eigenvalue weighted by Gasteiger charge is -2.15. The van der Waals surface area contributed by atoms with Gasteiger partial charge in [0.2, 0.25) is 10.0 Å². The number of aromatic nitrogens is 1. The number of hydrogen-bond donors (Lipinski definition) is 2. The zero-order valence-electron chi connectivity index (χ0n) is 15.6. The Balaban J connectivity index is 1.96. The molecule has 0 bridgehead atoms. The van der Waals surface area contributed by atoms with E-state index in [-0.39, 0.29) is 16.6 Å². The van der Waals surface area contributed by atoms with Crippen molar-refractivity contribution < 1.29 is 22.7 Å². The number of benzene rings is 1. The van der Waals surface area contributed by atoms with Crippen LogP contribution in [0.3, 0.4) is 0 Å². The third-order valence-electron chi connectivity index (χ3n) is 4.26. The Labute approximate surface area is 158 Å². The number of ether oxygens (including phenoxy) is 1. The first-order valence-corrected chi connectivity index (χ1v) is 9.76. The third kappa shape index (κ3) is 5.18. The van der Waals surface area contributed by atoms with Gasteiger partial charge in [-0.2, -0.15) is 0 Å². The normalized spacial score (nSPS) is 12.5. The van der Waals surface area contributed by atoms with E-state index in [0.29, 0.717) is 0 Å². The molecule has 1 atom stereocenters. The SMILES string of the molecule is Cc1ccc([C@@H](C)NC(=O)COC(=O)c2cc(S(N)(=O)=O)cn2C)cc1C. The lowest BCUT2D eigenvalue weighted by atomic mass is 10.0. The number of carbonyl (C=O) groups excluding carboxylic acids is 2. The summed E-state index contributed by atoms with van der Waals surface area (Å²) >= 11 is 0. The number of nitrogens with zero attached hydrogens (tertiary/aromatic N) is 1. The van der Waals surface area contributed by atoms with Crippen LogP contribution in [0.4, 0.5) is 0 Å². The van der Waals surface area contributed by atoms with Gasteiger partial charge in [0, 0.05) is 13.2 Å². The molecule has 0 aliphatic heterocycles. The molecule has 0 aliphatic rings. The van der Waals surface area contributed by atoms with E-state index in [2.05, 4.69) is 5.32 Å². The summed E-state index contributed by atoms with van der Waals surface area (Å²) in [7, 11) is -2.45. The minimum Gasteiger partial charge on any atom is -0.451 e. The molecule has 1 aromatic heterocycles. The number of esters is 1. The van der Waals surface area contributed by atoms with Gasteiger partial charge in [0.25, 0.3) is 5.91 Å². The molecule has 0 radical (unpaired) electrons. The Hall–Kier alpha value is -2.65. The Kier molecular flexibility index (Phi) is 6.07. The van der Waals surface area contributed by atoms with Crippen molar-refractivity contribution in [2.75, 3.05) is 6.61 Å². The van der Waals surface area contributed by atoms with Gasteiger partial charge in [0.15, 0.2) is 6.61 Å². The maximum atomic E-state index is 12.1. The predicted molar refractivity (Wildman–Crippen MR) is 99.5 cm³/mol. The van der Waals surface area contributed by atoms with Crippen molar-refractivity contribution in [2.45, 2.75) is 31.7 Å². The van der Waals surface area contributed by atoms with E-state index in [0.717, 1.165) is 22.8 Å². The molecular formula is C18H23N3O5S. The van der Waals surface area contributed by atoms with E-state index in [4.69, 9.17) is 9.88 Å². The fraction of sp³-hybridized carbons (Fsp3) is 0.333. The smallest absolute Gasteiger partial charge is 0.355 e. The van der Waals surface area contributed by atoms with Gasteiger partial charge in [-0.15, -0.1) is 0 Å². The average molecular weight is 393 g/mol. The van der Waals surface area contributed by atoms with E-state index >= 15 is 0 Å². The van der Waals surface area contributed by atoms with Crippen LogP contribution < -0.4 is 10.5 Å². The molecule has 3 N–H and O–H groups in total. The molecule has 9 heteroatoms. The lowest BCUT2D eigenvalue weighted by molar-refractivity contribution is -0.124. The zero-order chi connectivity index (χ0) is 20.4. The summed E-state index contributed by atoms with van der Waals surface area (Å²) in [5, 5.41) is 7.79. The Morgan fingerprint density at radius 2 is 1.89 bits per heavy atom. The fourth-order valence-electron chi connectivity index (χ4n) is 2.50. The molecule has 1 amide bonds. The fourth-order valence-corrected chi connectivity index (χ4v) is 3.08. The highest BCUT2D eigenvalue weighted by molar-refractivity contribution is 7.89. The predicted octanol–water partition coefficient (Wildman–Crippen LogP) is 1.32. The molecular weight excluding hydrogens is 370 g/mol. The molecule has 1 heterocycles. The molecule has 0 saturated heterocycles. The molecule has 0 saturated carbocycles. The average Bonchev–Trinajstić information content (AvgIpc) is 2.97. The van der Waals surface area contributed by atoms with Crippen LogP contribution in [0.25, 0.3) is 0 Å². The summed E-state index contributed by atoms with van der Waals surface area (Å²) in [5.74, 6) is -1.28. The maximum Gasteiger partial charge on any atom is 0.355 e. The molecule has 146 valence electrons. The highest BCUT2D eigenvalue weighted by Gasteiger charge is 2.20. The number of carbonyl (C=O) groups is 2. The molecule has 0 fully saturated rings. The third-order valence-corrected chi connectivity index (χ3v) is 5.14. The van der Waals surface area contributed by atoms with Gasteiger partial charge in [-0.3, -0.25) is 4.79 Å². The topological polar surface area (TPSA) is 120 Å². The minimum atomic E-state index is -3.93. The van der Waals surface area contributed by atoms with Gasteiger partial charge in [-0.05, 0) is 43.5 Å². The number of hydrogen-bond acceptors (Lipinski definition) is 5. The van der Waals surface area contributed by atoms with Crippen LogP contribution in [-0.4, -0.2) is 31.5 Å². The summed E-state index contributed by atoms with van der Waals surface area (Å²) in [6.07, 6.45) is 1.20. The Morgan fingerprint density at radius 3 is 2.44 bits per heavy atom. The maximum absolute atomic E-state index is 12.1. The number of sulfonamides is 1. The highest BCUT2D eigenvalue weighted by Crippen LogP contribution is 2.17. The molecule has 0 unspecified atom stereocenters. The van der Waals surface area contributed by atoms with E-state index in [1.165, 1.54) is 17.8 Å². The van der Waals surface area contributed by atoms with Crippen molar-refractivity contribution in [1.29, 1.82) is 0 Å². The first kappa shape index (κ1) is 20.7. The Bertz CT molecular complexity index is 979. The van der Waals surface area contributed by atoms with Crippen LogP contribution in [0.2, 0.25) is 0 Å². The number of rotatable bonds is 6. The zero-order valence-corrected chi connectivity index (χ0v) is 16.5. The first-order valence-electron chi connectivity index (χ1n) is 8.22. The van der Waals surface area contributed by atoms with Crippen molar-refractivity contribution in [3.05, 3.63) is 52.8 Å². The first-order chi connectivity index (χ1) is 12.5. The summed E-state index contributed by atoms with van der Waals surface area (Å²) in [6.45, 7) is 5.35. The highest BCUT2D eigenvalue weighted by atomic mass is 32.2. The van der Waals surface area contributed by atoms with Crippen molar-refractivity contribution in [2.24, 2.45) is 12.2 Å². The lowest BCUT2D eigenvalue weighted by Crippen LogP contribution is -2.31. The summed E-state index contributed by atoms with van der Waals surface area (Å²) < 4.78 is 28.9. The quantitative estimate of drug-likeness (QED) is 0.717. The molecule has 1 aromatic carbocycles. The number of primary sulfonamides is 1. The van der Waals surface area contributed by atoms with E-state index < -0.39 is 28.5 Å². The van der Waals surface area contributed by atoms with Crippen molar-refractivity contribution in [1.82, 2.24) is 9.88 Å². The molecule has 0 spiro atoms. The second-order valence-electron chi connectivity index (χ2n) is 6.43. The van der Waals surface area contributed by atoms with Crippen molar-refractivity contribution in [3.8, 4) is 0 Å². The van der Waals surface area contributed by atoms with E-state index in [1.54, 1.807) is 0 Å². The van der Waals surface area contributed by atoms with Crippen LogP contribution in [0.1, 0.15) is 40.1 Å². The van der Waals surface area contributed by atoms with Crippen LogP contribution in [0, 0.1) is 13.8 Å². The number of nitrogens with two attached hydrogens (primary N) is 1. The molecule has 27 heavy (non-hydrogen) atoms. The van der Waals surface area contributed by atoms with E-state index in [9.17, 15) is 18.0 Å². The summed E-state index contributed by atoms with van der Waals surface area (Å²) in [6, 6.07) is 6.75. The van der Waals surface area contributed by atoms with Crippen molar-refractivity contribution >= 4 is 21.9 Å². The summed E-state index contributed by atoms with van der Waals surface area (Å²) in [4.78, 5) is 23.9. The van der Waals surface area contributed by atoms with Crippen LogP contribution in [-0.2, 0) is 26.6 Å². The molecule has 0 aliphatic carbocycles. The Morgan fingerprint density at radius 1 is 1.22 bits per heavy atom. The van der Waals surface area contributed by atoms with Crippen LogP contribution in [0.5, 0.6) is 0 Å². The standard InChI is InChI=1S/C18H23N3O5S/c1-11-5-6-14(7-12(11)2)13(3)20-17(22)10-26-18(23)16-8-15(9-21(16)4)27(19,24)25/h5-9,13H,10H2,1-4H3,(H,20,22)(H2,19,24,25)/t13-/m1/s1. The number of amides is 1. The van der Waals surface area contributed by atoms with Crippen LogP contribution in [0.15, 0.2) is 35.4 Å². The van der Waals surface area contributed by atoms with Gasteiger partial charge in [0.1, 0.15) is 10.6 Å². The monoisotopic (exact) mass is 393 g/mol. The minimum absolute atomic E-state index is 0.0194. The van der Waals surface area contributed by atoms with Gasteiger partial charge in [-0.25, -0.2) is 18.4 Å². The van der Waals surface area contributed by atoms with Crippen molar-refractivity contribution in [3.63, 3.8) is 0 Å². The largest absolute Gasteiger partial charge is 0.451 e. The molecule has 8 nitrogen and oxygen atoms in total. The number of aryl methyl sites for hydroxylation is 3.